The average molecular weight is 295 g/mol. The third-order valence-corrected chi connectivity index (χ3v) is 6.27. The molecule has 0 amide bonds. The number of fused-ring (bicyclic) bond motifs is 1. The lowest BCUT2D eigenvalue weighted by Crippen LogP contribution is -2.38. The summed E-state index contributed by atoms with van der Waals surface area (Å²) in [7, 11) is -2.90. The van der Waals surface area contributed by atoms with E-state index in [2.05, 4.69) is 11.4 Å². The maximum atomic E-state index is 11.8. The molecule has 1 aromatic rings. The zero-order valence-corrected chi connectivity index (χ0v) is 12.6. The predicted molar refractivity (Wildman–Crippen MR) is 78.5 cm³/mol. The van der Waals surface area contributed by atoms with Crippen LogP contribution in [0.25, 0.3) is 0 Å². The van der Waals surface area contributed by atoms with Crippen LogP contribution < -0.4 is 10.1 Å². The first kappa shape index (κ1) is 13.9. The van der Waals surface area contributed by atoms with Crippen molar-refractivity contribution >= 4 is 9.84 Å². The maximum absolute atomic E-state index is 11.8. The lowest BCUT2D eigenvalue weighted by Gasteiger charge is -2.33. The van der Waals surface area contributed by atoms with Crippen molar-refractivity contribution in [2.24, 2.45) is 5.41 Å². The van der Waals surface area contributed by atoms with E-state index in [1.54, 1.807) is 0 Å². The molecule has 3 rings (SSSR count). The molecule has 20 heavy (non-hydrogen) atoms. The fraction of sp³-hybridized carbons (Fsp3) is 0.600. The van der Waals surface area contributed by atoms with Gasteiger partial charge in [-0.1, -0.05) is 19.1 Å². The Morgan fingerprint density at radius 2 is 2.20 bits per heavy atom. The number of sulfone groups is 1. The largest absolute Gasteiger partial charge is 0.493 e. The molecule has 2 aliphatic heterocycles. The van der Waals surface area contributed by atoms with E-state index in [1.165, 1.54) is 11.1 Å². The molecule has 1 saturated heterocycles. The Balaban J connectivity index is 1.72. The third-order valence-electron chi connectivity index (χ3n) is 4.23. The Bertz CT molecular complexity index is 612. The number of rotatable bonds is 3. The molecule has 2 aliphatic rings. The monoisotopic (exact) mass is 295 g/mol. The Morgan fingerprint density at radius 3 is 3.00 bits per heavy atom. The topological polar surface area (TPSA) is 55.4 Å². The zero-order valence-electron chi connectivity index (χ0n) is 11.8. The molecule has 2 heterocycles. The maximum Gasteiger partial charge on any atom is 0.150 e. The minimum Gasteiger partial charge on any atom is -0.493 e. The van der Waals surface area contributed by atoms with Crippen molar-refractivity contribution in [1.82, 2.24) is 5.32 Å². The minimum atomic E-state index is -2.90. The predicted octanol–water partition coefficient (Wildman–Crippen LogP) is 1.88. The van der Waals surface area contributed by atoms with Gasteiger partial charge in [-0.05, 0) is 24.5 Å². The summed E-state index contributed by atoms with van der Waals surface area (Å²) >= 11 is 0. The zero-order chi connectivity index (χ0) is 14.2. The number of hydrogen-bond donors (Lipinski definition) is 1. The van der Waals surface area contributed by atoms with Crippen molar-refractivity contribution in [2.45, 2.75) is 32.9 Å². The first-order chi connectivity index (χ1) is 9.48. The van der Waals surface area contributed by atoms with Gasteiger partial charge in [-0.25, -0.2) is 8.42 Å². The van der Waals surface area contributed by atoms with Gasteiger partial charge >= 0.3 is 0 Å². The summed E-state index contributed by atoms with van der Waals surface area (Å²) in [4.78, 5) is 0. The Hall–Kier alpha value is -1.07. The first-order valence-corrected chi connectivity index (χ1v) is 8.94. The summed E-state index contributed by atoms with van der Waals surface area (Å²) in [6, 6.07) is 6.09. The molecular weight excluding hydrogens is 274 g/mol. The Kier molecular flexibility index (Phi) is 3.50. The first-order valence-electron chi connectivity index (χ1n) is 7.12. The van der Waals surface area contributed by atoms with Gasteiger partial charge in [-0.2, -0.15) is 0 Å². The Labute approximate surface area is 120 Å². The molecule has 0 aliphatic carbocycles. The number of benzene rings is 1. The number of hydrogen-bond acceptors (Lipinski definition) is 4. The van der Waals surface area contributed by atoms with Crippen LogP contribution in [0.15, 0.2) is 18.2 Å². The van der Waals surface area contributed by atoms with Gasteiger partial charge in [0.05, 0.1) is 18.1 Å². The van der Waals surface area contributed by atoms with Gasteiger partial charge in [0, 0.05) is 24.1 Å². The van der Waals surface area contributed by atoms with Crippen LogP contribution >= 0.6 is 0 Å². The standard InChI is InChI=1S/C15H21NO3S/c1-15(6-3-7-20(17,18)11-15)10-19-14-5-2-4-12-8-16-9-13(12)14/h2,4-5,16H,3,6-11H2,1H3. The fourth-order valence-electron chi connectivity index (χ4n) is 3.19. The molecule has 1 atom stereocenters. The average Bonchev–Trinajstić information content (AvgIpc) is 2.83. The van der Waals surface area contributed by atoms with Gasteiger partial charge in [0.1, 0.15) is 5.75 Å². The molecule has 0 aromatic heterocycles. The SMILES string of the molecule is CC1(COc2cccc3c2CNC3)CCCS(=O)(=O)C1. The molecule has 1 N–H and O–H groups in total. The summed E-state index contributed by atoms with van der Waals surface area (Å²) in [6.45, 7) is 4.21. The summed E-state index contributed by atoms with van der Waals surface area (Å²) < 4.78 is 29.6. The molecule has 0 radical (unpaired) electrons. The highest BCUT2D eigenvalue weighted by Gasteiger charge is 2.36. The third kappa shape index (κ3) is 2.83. The van der Waals surface area contributed by atoms with Crippen LogP contribution in [0.3, 0.4) is 0 Å². The molecular formula is C15H21NO3S. The molecule has 0 bridgehead atoms. The van der Waals surface area contributed by atoms with Crippen LogP contribution in [0.1, 0.15) is 30.9 Å². The minimum absolute atomic E-state index is 0.243. The van der Waals surface area contributed by atoms with Gasteiger partial charge in [-0.3, -0.25) is 0 Å². The summed E-state index contributed by atoms with van der Waals surface area (Å²) in [5, 5.41) is 3.31. The van der Waals surface area contributed by atoms with Gasteiger partial charge in [0.15, 0.2) is 9.84 Å². The van der Waals surface area contributed by atoms with Gasteiger partial charge in [0.25, 0.3) is 0 Å². The van der Waals surface area contributed by atoms with Crippen molar-refractivity contribution in [3.8, 4) is 5.75 Å². The molecule has 5 heteroatoms. The number of ether oxygens (including phenoxy) is 1. The van der Waals surface area contributed by atoms with E-state index in [-0.39, 0.29) is 11.2 Å². The normalized spacial score (nSPS) is 28.1. The van der Waals surface area contributed by atoms with Crippen LogP contribution in [0, 0.1) is 5.41 Å². The smallest absolute Gasteiger partial charge is 0.150 e. The highest BCUT2D eigenvalue weighted by atomic mass is 32.2. The molecule has 4 nitrogen and oxygen atoms in total. The second kappa shape index (κ2) is 5.04. The second-order valence-corrected chi connectivity index (χ2v) is 8.48. The van der Waals surface area contributed by atoms with Gasteiger partial charge in [0.2, 0.25) is 0 Å². The highest BCUT2D eigenvalue weighted by molar-refractivity contribution is 7.91. The van der Waals surface area contributed by atoms with E-state index in [4.69, 9.17) is 4.74 Å². The van der Waals surface area contributed by atoms with E-state index in [9.17, 15) is 8.42 Å². The van der Waals surface area contributed by atoms with E-state index < -0.39 is 9.84 Å². The highest BCUT2D eigenvalue weighted by Crippen LogP contribution is 2.33. The van der Waals surface area contributed by atoms with Crippen molar-refractivity contribution in [3.63, 3.8) is 0 Å². The van der Waals surface area contributed by atoms with E-state index in [0.29, 0.717) is 12.4 Å². The van der Waals surface area contributed by atoms with Crippen molar-refractivity contribution in [2.75, 3.05) is 18.1 Å². The summed E-state index contributed by atoms with van der Waals surface area (Å²) in [6.07, 6.45) is 1.66. The van der Waals surface area contributed by atoms with Gasteiger partial charge in [-0.15, -0.1) is 0 Å². The van der Waals surface area contributed by atoms with Crippen molar-refractivity contribution in [3.05, 3.63) is 29.3 Å². The molecule has 0 saturated carbocycles. The van der Waals surface area contributed by atoms with E-state index >= 15 is 0 Å². The van der Waals surface area contributed by atoms with Crippen molar-refractivity contribution < 1.29 is 13.2 Å². The molecule has 0 spiro atoms. The Morgan fingerprint density at radius 1 is 1.35 bits per heavy atom. The van der Waals surface area contributed by atoms with Gasteiger partial charge < -0.3 is 10.1 Å². The molecule has 110 valence electrons. The van der Waals surface area contributed by atoms with Crippen LogP contribution in [0.5, 0.6) is 5.75 Å². The van der Waals surface area contributed by atoms with E-state index in [1.807, 2.05) is 19.1 Å². The van der Waals surface area contributed by atoms with Crippen LogP contribution in [0.2, 0.25) is 0 Å². The lowest BCUT2D eigenvalue weighted by atomic mass is 9.88. The molecule has 1 unspecified atom stereocenters. The van der Waals surface area contributed by atoms with Crippen molar-refractivity contribution in [1.29, 1.82) is 0 Å². The lowest BCUT2D eigenvalue weighted by molar-refractivity contribution is 0.166. The van der Waals surface area contributed by atoms with E-state index in [0.717, 1.165) is 31.7 Å². The van der Waals surface area contributed by atoms with Crippen LogP contribution in [0.4, 0.5) is 0 Å². The van der Waals surface area contributed by atoms with Crippen LogP contribution in [-0.4, -0.2) is 26.5 Å². The fourth-order valence-corrected chi connectivity index (χ4v) is 5.21. The quantitative estimate of drug-likeness (QED) is 0.925. The van der Waals surface area contributed by atoms with Crippen LogP contribution in [-0.2, 0) is 22.9 Å². The number of nitrogens with one attached hydrogen (secondary N) is 1. The summed E-state index contributed by atoms with van der Waals surface area (Å²) in [5.41, 5.74) is 2.24. The second-order valence-electron chi connectivity index (χ2n) is 6.29. The summed E-state index contributed by atoms with van der Waals surface area (Å²) in [5.74, 6) is 1.47. The molecule has 1 fully saturated rings. The molecule has 1 aromatic carbocycles.